The predicted octanol–water partition coefficient (Wildman–Crippen LogP) is 1.47. The maximum absolute atomic E-state index is 12.2. The molecular weight excluding hydrogens is 304 g/mol. The Morgan fingerprint density at radius 2 is 2.12 bits per heavy atom. The fraction of sp³-hybridized carbons (Fsp3) is 0.412. The van der Waals surface area contributed by atoms with Gasteiger partial charge in [0.15, 0.2) is 0 Å². The Balaban J connectivity index is 1.93. The van der Waals surface area contributed by atoms with Crippen LogP contribution in [0.25, 0.3) is 0 Å². The van der Waals surface area contributed by atoms with Gasteiger partial charge in [-0.15, -0.1) is 0 Å². The Morgan fingerprint density at radius 1 is 1.29 bits per heavy atom. The molecule has 2 aromatic rings. The van der Waals surface area contributed by atoms with Crippen molar-refractivity contribution in [2.24, 2.45) is 0 Å². The van der Waals surface area contributed by atoms with Crippen LogP contribution in [0.15, 0.2) is 30.6 Å². The van der Waals surface area contributed by atoms with Crippen LogP contribution >= 0.6 is 0 Å². The summed E-state index contributed by atoms with van der Waals surface area (Å²) >= 11 is 0. The van der Waals surface area contributed by atoms with Crippen LogP contribution in [0.3, 0.4) is 0 Å². The van der Waals surface area contributed by atoms with Crippen molar-refractivity contribution in [2.45, 2.75) is 19.9 Å². The molecule has 0 radical (unpaired) electrons. The molecule has 0 aliphatic heterocycles. The van der Waals surface area contributed by atoms with E-state index in [1.54, 1.807) is 18.5 Å². The summed E-state index contributed by atoms with van der Waals surface area (Å²) in [7, 11) is 4.02. The van der Waals surface area contributed by atoms with E-state index in [0.717, 1.165) is 24.2 Å². The van der Waals surface area contributed by atoms with Crippen LogP contribution in [0.5, 0.6) is 0 Å². The first-order valence-electron chi connectivity index (χ1n) is 7.96. The number of hydrogen-bond acceptors (Lipinski definition) is 6. The second-order valence-electron chi connectivity index (χ2n) is 5.85. The van der Waals surface area contributed by atoms with Crippen molar-refractivity contribution in [1.29, 1.82) is 0 Å². The third kappa shape index (κ3) is 5.92. The zero-order valence-corrected chi connectivity index (χ0v) is 14.4. The minimum Gasteiger partial charge on any atom is -0.351 e. The molecule has 128 valence electrons. The third-order valence-electron chi connectivity index (χ3n) is 3.33. The number of nitrogens with zero attached hydrogens (tertiary/aromatic N) is 4. The average molecular weight is 328 g/mol. The van der Waals surface area contributed by atoms with E-state index < -0.39 is 0 Å². The summed E-state index contributed by atoms with van der Waals surface area (Å²) in [5.41, 5.74) is 2.15. The Morgan fingerprint density at radius 3 is 2.83 bits per heavy atom. The van der Waals surface area contributed by atoms with Crippen LogP contribution in [0.4, 0.5) is 5.95 Å². The van der Waals surface area contributed by atoms with Crippen LogP contribution in [-0.4, -0.2) is 52.9 Å². The Bertz CT molecular complexity index is 659. The van der Waals surface area contributed by atoms with Crippen molar-refractivity contribution in [3.63, 3.8) is 0 Å². The number of carbonyl (C=O) groups is 1. The number of hydrogen-bond donors (Lipinski definition) is 2. The van der Waals surface area contributed by atoms with Crippen molar-refractivity contribution < 1.29 is 4.79 Å². The number of nitrogens with one attached hydrogen (secondary N) is 2. The lowest BCUT2D eigenvalue weighted by Gasteiger charge is -2.11. The van der Waals surface area contributed by atoms with Gasteiger partial charge in [0.2, 0.25) is 5.95 Å². The average Bonchev–Trinajstić information content (AvgIpc) is 2.57. The van der Waals surface area contributed by atoms with Crippen molar-refractivity contribution >= 4 is 11.9 Å². The molecule has 0 fully saturated rings. The standard InChI is InChI=1S/C17H24N6O/c1-13-10-15(16(24)19-8-5-9-23(2)3)22-17(21-13)20-12-14-6-4-7-18-11-14/h4,6-7,10-11H,5,8-9,12H2,1-3H3,(H,19,24)(H,20,21,22). The van der Waals surface area contributed by atoms with Gasteiger partial charge in [-0.1, -0.05) is 6.07 Å². The molecule has 0 aliphatic rings. The van der Waals surface area contributed by atoms with Crippen LogP contribution in [-0.2, 0) is 6.54 Å². The molecule has 0 atom stereocenters. The SMILES string of the molecule is Cc1cc(C(=O)NCCCN(C)C)nc(NCc2cccnc2)n1. The molecule has 7 heteroatoms. The fourth-order valence-electron chi connectivity index (χ4n) is 2.14. The molecule has 0 saturated carbocycles. The van der Waals surface area contributed by atoms with E-state index in [1.807, 2.05) is 33.2 Å². The smallest absolute Gasteiger partial charge is 0.270 e. The summed E-state index contributed by atoms with van der Waals surface area (Å²) in [4.78, 5) is 27.0. The topological polar surface area (TPSA) is 83.0 Å². The summed E-state index contributed by atoms with van der Waals surface area (Å²) in [6.07, 6.45) is 4.40. The van der Waals surface area contributed by atoms with Gasteiger partial charge in [0.25, 0.3) is 5.91 Å². The van der Waals surface area contributed by atoms with E-state index in [1.165, 1.54) is 0 Å². The fourth-order valence-corrected chi connectivity index (χ4v) is 2.14. The molecule has 2 heterocycles. The number of amides is 1. The van der Waals surface area contributed by atoms with Crippen LogP contribution in [0.1, 0.15) is 28.2 Å². The molecule has 7 nitrogen and oxygen atoms in total. The molecule has 0 bridgehead atoms. The summed E-state index contributed by atoms with van der Waals surface area (Å²) in [5.74, 6) is 0.265. The van der Waals surface area contributed by atoms with E-state index in [9.17, 15) is 4.79 Å². The van der Waals surface area contributed by atoms with E-state index in [4.69, 9.17) is 0 Å². The van der Waals surface area contributed by atoms with Crippen molar-refractivity contribution in [3.8, 4) is 0 Å². The van der Waals surface area contributed by atoms with E-state index in [0.29, 0.717) is 24.7 Å². The van der Waals surface area contributed by atoms with Crippen LogP contribution < -0.4 is 10.6 Å². The maximum Gasteiger partial charge on any atom is 0.270 e. The minimum atomic E-state index is -0.177. The molecule has 2 rings (SSSR count). The summed E-state index contributed by atoms with van der Waals surface area (Å²) in [5, 5.41) is 6.02. The third-order valence-corrected chi connectivity index (χ3v) is 3.33. The number of pyridine rings is 1. The van der Waals surface area contributed by atoms with Crippen LogP contribution in [0, 0.1) is 6.92 Å². The number of aryl methyl sites for hydroxylation is 1. The van der Waals surface area contributed by atoms with E-state index >= 15 is 0 Å². The van der Waals surface area contributed by atoms with Crippen molar-refractivity contribution in [1.82, 2.24) is 25.2 Å². The Labute approximate surface area is 142 Å². The quantitative estimate of drug-likeness (QED) is 0.714. The normalized spacial score (nSPS) is 10.7. The number of anilines is 1. The lowest BCUT2D eigenvalue weighted by Crippen LogP contribution is -2.28. The molecule has 1 amide bonds. The Hall–Kier alpha value is -2.54. The van der Waals surface area contributed by atoms with Gasteiger partial charge in [-0.3, -0.25) is 9.78 Å². The first-order valence-corrected chi connectivity index (χ1v) is 7.96. The molecule has 2 aromatic heterocycles. The Kier molecular flexibility index (Phi) is 6.62. The molecule has 0 spiro atoms. The second-order valence-corrected chi connectivity index (χ2v) is 5.85. The lowest BCUT2D eigenvalue weighted by atomic mass is 10.3. The molecular formula is C17H24N6O. The van der Waals surface area contributed by atoms with Gasteiger partial charge in [0.1, 0.15) is 5.69 Å². The monoisotopic (exact) mass is 328 g/mol. The highest BCUT2D eigenvalue weighted by Gasteiger charge is 2.10. The van der Waals surface area contributed by atoms with E-state index in [2.05, 4.69) is 30.5 Å². The number of rotatable bonds is 8. The van der Waals surface area contributed by atoms with Gasteiger partial charge in [-0.05, 0) is 51.7 Å². The predicted molar refractivity (Wildman–Crippen MR) is 93.8 cm³/mol. The highest BCUT2D eigenvalue weighted by molar-refractivity contribution is 5.92. The summed E-state index contributed by atoms with van der Waals surface area (Å²) in [6.45, 7) is 3.96. The van der Waals surface area contributed by atoms with Crippen molar-refractivity contribution in [3.05, 3.63) is 47.5 Å². The van der Waals surface area contributed by atoms with Gasteiger partial charge >= 0.3 is 0 Å². The molecule has 24 heavy (non-hydrogen) atoms. The van der Waals surface area contributed by atoms with Gasteiger partial charge in [-0.2, -0.15) is 0 Å². The zero-order chi connectivity index (χ0) is 17.4. The largest absolute Gasteiger partial charge is 0.351 e. The van der Waals surface area contributed by atoms with Gasteiger partial charge < -0.3 is 15.5 Å². The molecule has 2 N–H and O–H groups in total. The van der Waals surface area contributed by atoms with Crippen LogP contribution in [0.2, 0.25) is 0 Å². The summed E-state index contributed by atoms with van der Waals surface area (Å²) in [6, 6.07) is 5.53. The zero-order valence-electron chi connectivity index (χ0n) is 14.4. The van der Waals surface area contributed by atoms with Gasteiger partial charge in [0, 0.05) is 31.2 Å². The summed E-state index contributed by atoms with van der Waals surface area (Å²) < 4.78 is 0. The molecule has 0 aromatic carbocycles. The highest BCUT2D eigenvalue weighted by atomic mass is 16.1. The van der Waals surface area contributed by atoms with Gasteiger partial charge in [0.05, 0.1) is 0 Å². The minimum absolute atomic E-state index is 0.177. The van der Waals surface area contributed by atoms with Crippen molar-refractivity contribution in [2.75, 3.05) is 32.5 Å². The first-order chi connectivity index (χ1) is 11.5. The number of carbonyl (C=O) groups excluding carboxylic acids is 1. The highest BCUT2D eigenvalue weighted by Crippen LogP contribution is 2.07. The second kappa shape index (κ2) is 8.93. The number of aromatic nitrogens is 3. The molecule has 0 aliphatic carbocycles. The maximum atomic E-state index is 12.2. The lowest BCUT2D eigenvalue weighted by molar-refractivity contribution is 0.0947. The molecule has 0 unspecified atom stereocenters. The van der Waals surface area contributed by atoms with E-state index in [-0.39, 0.29) is 5.91 Å². The molecule has 0 saturated heterocycles. The van der Waals surface area contributed by atoms with Gasteiger partial charge in [-0.25, -0.2) is 9.97 Å². The first kappa shape index (κ1) is 17.8.